The molecule has 1 atom stereocenters. The molecule has 1 aliphatic rings. The first kappa shape index (κ1) is 14.0. The number of rotatable bonds is 2. The fourth-order valence-corrected chi connectivity index (χ4v) is 2.66. The van der Waals surface area contributed by atoms with Gasteiger partial charge in [-0.3, -0.25) is 14.9 Å². The van der Waals surface area contributed by atoms with Gasteiger partial charge < -0.3 is 10.6 Å². The van der Waals surface area contributed by atoms with Crippen molar-refractivity contribution in [1.82, 2.24) is 4.90 Å². The van der Waals surface area contributed by atoms with Gasteiger partial charge in [-0.2, -0.15) is 0 Å². The highest BCUT2D eigenvalue weighted by Crippen LogP contribution is 2.23. The molecule has 6 nitrogen and oxygen atoms in total. The zero-order chi connectivity index (χ0) is 14.0. The molecule has 0 spiro atoms. The van der Waals surface area contributed by atoms with E-state index in [4.69, 9.17) is 5.73 Å². The third kappa shape index (κ3) is 3.30. The topological polar surface area (TPSA) is 89.5 Å². The van der Waals surface area contributed by atoms with Crippen LogP contribution in [0.5, 0.6) is 0 Å². The second-order valence-corrected chi connectivity index (χ2v) is 5.52. The van der Waals surface area contributed by atoms with Crippen molar-refractivity contribution in [3.8, 4) is 0 Å². The van der Waals surface area contributed by atoms with Crippen LogP contribution in [0.4, 0.5) is 5.69 Å². The molecule has 1 saturated heterocycles. The molecule has 0 bridgehead atoms. The zero-order valence-electron chi connectivity index (χ0n) is 10.2. The van der Waals surface area contributed by atoms with E-state index in [0.717, 1.165) is 12.8 Å². The molecule has 2 N–H and O–H groups in total. The van der Waals surface area contributed by atoms with Gasteiger partial charge in [0.2, 0.25) is 0 Å². The van der Waals surface area contributed by atoms with Gasteiger partial charge in [0.05, 0.1) is 4.92 Å². The van der Waals surface area contributed by atoms with Crippen molar-refractivity contribution in [1.29, 1.82) is 0 Å². The normalized spacial score (nSPS) is 19.3. The summed E-state index contributed by atoms with van der Waals surface area (Å²) in [6.45, 7) is 1.14. The third-order valence-electron chi connectivity index (χ3n) is 3.09. The van der Waals surface area contributed by atoms with Crippen molar-refractivity contribution >= 4 is 27.5 Å². The van der Waals surface area contributed by atoms with Crippen LogP contribution in [0.1, 0.15) is 23.2 Å². The molecule has 0 aliphatic carbocycles. The van der Waals surface area contributed by atoms with Crippen LogP contribution in [0.15, 0.2) is 22.7 Å². The fraction of sp³-hybridized carbons (Fsp3) is 0.417. The van der Waals surface area contributed by atoms with Gasteiger partial charge in [-0.1, -0.05) is 15.9 Å². The molecule has 19 heavy (non-hydrogen) atoms. The maximum Gasteiger partial charge on any atom is 0.271 e. The van der Waals surface area contributed by atoms with Crippen LogP contribution in [0.2, 0.25) is 0 Å². The smallest absolute Gasteiger partial charge is 0.271 e. The van der Waals surface area contributed by atoms with Gasteiger partial charge in [-0.05, 0) is 18.9 Å². The van der Waals surface area contributed by atoms with Crippen molar-refractivity contribution < 1.29 is 9.72 Å². The standard InChI is InChI=1S/C12H14BrN3O3/c13-9-4-8(5-11(6-9)16(18)19)12(17)15-3-1-2-10(14)7-15/h4-6,10H,1-3,7,14H2/t10-/m1/s1. The average Bonchev–Trinajstić information content (AvgIpc) is 2.37. The second kappa shape index (κ2) is 5.66. The number of nitrogens with zero attached hydrogens (tertiary/aromatic N) is 2. The number of amides is 1. The first-order valence-electron chi connectivity index (χ1n) is 5.97. The first-order chi connectivity index (χ1) is 8.97. The Balaban J connectivity index is 2.25. The van der Waals surface area contributed by atoms with Crippen molar-refractivity contribution in [2.45, 2.75) is 18.9 Å². The van der Waals surface area contributed by atoms with E-state index in [9.17, 15) is 14.9 Å². The molecular weight excluding hydrogens is 314 g/mol. The molecule has 0 unspecified atom stereocenters. The number of carbonyl (C=O) groups is 1. The molecule has 1 aromatic rings. The number of piperidine rings is 1. The van der Waals surface area contributed by atoms with Crippen LogP contribution in [0.3, 0.4) is 0 Å². The van der Waals surface area contributed by atoms with E-state index in [-0.39, 0.29) is 17.6 Å². The van der Waals surface area contributed by atoms with Crippen molar-refractivity contribution in [3.05, 3.63) is 38.3 Å². The first-order valence-corrected chi connectivity index (χ1v) is 6.76. The van der Waals surface area contributed by atoms with Gasteiger partial charge in [0.15, 0.2) is 0 Å². The number of nitro benzene ring substituents is 1. The molecule has 1 heterocycles. The van der Waals surface area contributed by atoms with E-state index in [0.29, 0.717) is 23.1 Å². The summed E-state index contributed by atoms with van der Waals surface area (Å²) in [7, 11) is 0. The molecule has 1 aliphatic heterocycles. The molecule has 1 amide bonds. The van der Waals surface area contributed by atoms with Gasteiger partial charge in [-0.25, -0.2) is 0 Å². The second-order valence-electron chi connectivity index (χ2n) is 4.61. The lowest BCUT2D eigenvalue weighted by Crippen LogP contribution is -2.45. The maximum absolute atomic E-state index is 12.3. The van der Waals surface area contributed by atoms with E-state index in [1.54, 1.807) is 11.0 Å². The minimum absolute atomic E-state index is 0.0140. The summed E-state index contributed by atoms with van der Waals surface area (Å²) >= 11 is 3.19. The summed E-state index contributed by atoms with van der Waals surface area (Å²) in [4.78, 5) is 24.2. The predicted octanol–water partition coefficient (Wildman–Crippen LogP) is 1.92. The quantitative estimate of drug-likeness (QED) is 0.663. The van der Waals surface area contributed by atoms with E-state index in [1.165, 1.54) is 12.1 Å². The molecule has 0 aromatic heterocycles. The van der Waals surface area contributed by atoms with Gasteiger partial charge in [0, 0.05) is 41.3 Å². The Bertz CT molecular complexity index is 521. The van der Waals surface area contributed by atoms with Crippen LogP contribution in [0.25, 0.3) is 0 Å². The molecule has 1 aromatic carbocycles. The summed E-state index contributed by atoms with van der Waals surface area (Å²) in [6, 6.07) is 4.25. The van der Waals surface area contributed by atoms with Crippen LogP contribution < -0.4 is 5.73 Å². The number of hydrogen-bond donors (Lipinski definition) is 1. The molecular formula is C12H14BrN3O3. The highest BCUT2D eigenvalue weighted by atomic mass is 79.9. The summed E-state index contributed by atoms with van der Waals surface area (Å²) in [5.41, 5.74) is 6.05. The van der Waals surface area contributed by atoms with Gasteiger partial charge in [0.25, 0.3) is 11.6 Å². The maximum atomic E-state index is 12.3. The van der Waals surface area contributed by atoms with Gasteiger partial charge >= 0.3 is 0 Å². The Morgan fingerprint density at radius 3 is 2.84 bits per heavy atom. The number of non-ortho nitro benzene ring substituents is 1. The number of hydrogen-bond acceptors (Lipinski definition) is 4. The summed E-state index contributed by atoms with van der Waals surface area (Å²) in [6.07, 6.45) is 1.77. The van der Waals surface area contributed by atoms with E-state index in [2.05, 4.69) is 15.9 Å². The number of carbonyl (C=O) groups excluding carboxylic acids is 1. The lowest BCUT2D eigenvalue weighted by Gasteiger charge is -2.30. The molecule has 0 saturated carbocycles. The largest absolute Gasteiger partial charge is 0.337 e. The molecule has 2 rings (SSSR count). The van der Waals surface area contributed by atoms with Gasteiger partial charge in [-0.15, -0.1) is 0 Å². The van der Waals surface area contributed by atoms with Crippen molar-refractivity contribution in [2.24, 2.45) is 5.73 Å². The molecule has 102 valence electrons. The van der Waals surface area contributed by atoms with Crippen LogP contribution in [-0.4, -0.2) is 34.9 Å². The van der Waals surface area contributed by atoms with E-state index in [1.807, 2.05) is 0 Å². The molecule has 7 heteroatoms. The zero-order valence-corrected chi connectivity index (χ0v) is 11.8. The number of benzene rings is 1. The highest BCUT2D eigenvalue weighted by molar-refractivity contribution is 9.10. The SMILES string of the molecule is N[C@@H]1CCCN(C(=O)c2cc(Br)cc([N+](=O)[O-])c2)C1. The lowest BCUT2D eigenvalue weighted by atomic mass is 10.1. The Morgan fingerprint density at radius 2 is 2.21 bits per heavy atom. The lowest BCUT2D eigenvalue weighted by molar-refractivity contribution is -0.385. The van der Waals surface area contributed by atoms with E-state index >= 15 is 0 Å². The van der Waals surface area contributed by atoms with Crippen LogP contribution >= 0.6 is 15.9 Å². The number of nitrogens with two attached hydrogens (primary N) is 1. The van der Waals surface area contributed by atoms with Crippen LogP contribution in [-0.2, 0) is 0 Å². The Morgan fingerprint density at radius 1 is 1.47 bits per heavy atom. The summed E-state index contributed by atoms with van der Waals surface area (Å²) in [5, 5.41) is 10.8. The number of nitro groups is 1. The van der Waals surface area contributed by atoms with Crippen molar-refractivity contribution in [2.75, 3.05) is 13.1 Å². The third-order valence-corrected chi connectivity index (χ3v) is 3.54. The minimum Gasteiger partial charge on any atom is -0.337 e. The molecule has 1 fully saturated rings. The molecule has 0 radical (unpaired) electrons. The van der Waals surface area contributed by atoms with E-state index < -0.39 is 4.92 Å². The monoisotopic (exact) mass is 327 g/mol. The Hall–Kier alpha value is -1.47. The number of halogens is 1. The Kier molecular flexibility index (Phi) is 4.16. The summed E-state index contributed by atoms with van der Waals surface area (Å²) in [5.74, 6) is -0.209. The fourth-order valence-electron chi connectivity index (χ4n) is 2.18. The minimum atomic E-state index is -0.510. The van der Waals surface area contributed by atoms with Gasteiger partial charge in [0.1, 0.15) is 0 Å². The average molecular weight is 328 g/mol. The number of likely N-dealkylation sites (tertiary alicyclic amines) is 1. The highest BCUT2D eigenvalue weighted by Gasteiger charge is 2.23. The summed E-state index contributed by atoms with van der Waals surface area (Å²) < 4.78 is 0.520. The Labute approximate surface area is 118 Å². The van der Waals surface area contributed by atoms with Crippen molar-refractivity contribution in [3.63, 3.8) is 0 Å². The van der Waals surface area contributed by atoms with Crippen LogP contribution in [0, 0.1) is 10.1 Å². The predicted molar refractivity (Wildman–Crippen MR) is 73.9 cm³/mol.